The Labute approximate surface area is 84.3 Å². The maximum Gasteiger partial charge on any atom is 0.328 e. The van der Waals surface area contributed by atoms with Crippen molar-refractivity contribution in [2.45, 2.75) is 19.9 Å². The van der Waals surface area contributed by atoms with Gasteiger partial charge in [0, 0.05) is 24.7 Å². The number of aryl methyl sites for hydroxylation is 2. The summed E-state index contributed by atoms with van der Waals surface area (Å²) >= 11 is 0. The molecule has 1 aromatic rings. The molecule has 1 aromatic heterocycles. The van der Waals surface area contributed by atoms with Crippen molar-refractivity contribution >= 4 is 5.91 Å². The third-order valence-electron chi connectivity index (χ3n) is 1.89. The second-order valence-electron chi connectivity index (χ2n) is 3.05. The van der Waals surface area contributed by atoms with E-state index in [1.807, 2.05) is 0 Å². The second-order valence-corrected chi connectivity index (χ2v) is 3.05. The Bertz CT molecular complexity index is 474. The van der Waals surface area contributed by atoms with Crippen LogP contribution in [0.2, 0.25) is 0 Å². The number of aromatic nitrogens is 2. The van der Waals surface area contributed by atoms with Gasteiger partial charge in [0.1, 0.15) is 0 Å². The number of amides is 1. The van der Waals surface area contributed by atoms with Crippen LogP contribution in [0.4, 0.5) is 0 Å². The lowest BCUT2D eigenvalue weighted by Crippen LogP contribution is -2.32. The van der Waals surface area contributed by atoms with Gasteiger partial charge in [-0.25, -0.2) is 10.3 Å². The highest BCUT2D eigenvalue weighted by atomic mass is 16.5. The third kappa shape index (κ3) is 2.78. The van der Waals surface area contributed by atoms with E-state index in [4.69, 9.17) is 5.21 Å². The number of nitrogens with one attached hydrogen (secondary N) is 2. The Hall–Kier alpha value is -1.89. The highest BCUT2D eigenvalue weighted by Crippen LogP contribution is 1.88. The number of nitrogens with zero attached hydrogens (tertiary/aromatic N) is 1. The average molecular weight is 213 g/mol. The molecule has 0 aromatic carbocycles. The summed E-state index contributed by atoms with van der Waals surface area (Å²) in [4.78, 5) is 35.0. The van der Waals surface area contributed by atoms with E-state index in [9.17, 15) is 14.4 Å². The zero-order valence-corrected chi connectivity index (χ0v) is 8.11. The highest BCUT2D eigenvalue weighted by molar-refractivity contribution is 5.74. The lowest BCUT2D eigenvalue weighted by molar-refractivity contribution is -0.129. The van der Waals surface area contributed by atoms with E-state index in [2.05, 4.69) is 4.98 Å². The van der Waals surface area contributed by atoms with Crippen molar-refractivity contribution in [2.24, 2.45) is 0 Å². The van der Waals surface area contributed by atoms with Crippen molar-refractivity contribution in [3.05, 3.63) is 32.6 Å². The summed E-state index contributed by atoms with van der Waals surface area (Å²) in [6, 6.07) is 0. The van der Waals surface area contributed by atoms with Crippen molar-refractivity contribution < 1.29 is 10.0 Å². The molecular formula is C8H11N3O4. The fourth-order valence-corrected chi connectivity index (χ4v) is 1.06. The number of carbonyl (C=O) groups is 1. The van der Waals surface area contributed by atoms with Crippen molar-refractivity contribution in [3.8, 4) is 0 Å². The molecule has 0 atom stereocenters. The number of aromatic amines is 1. The summed E-state index contributed by atoms with van der Waals surface area (Å²) in [6.07, 6.45) is 1.33. The molecule has 7 nitrogen and oxygen atoms in total. The summed E-state index contributed by atoms with van der Waals surface area (Å²) in [5.41, 5.74) is 0.828. The van der Waals surface area contributed by atoms with Gasteiger partial charge in [0.05, 0.1) is 0 Å². The summed E-state index contributed by atoms with van der Waals surface area (Å²) in [7, 11) is 0. The first-order chi connectivity index (χ1) is 7.04. The van der Waals surface area contributed by atoms with Gasteiger partial charge in [0.15, 0.2) is 0 Å². The molecule has 0 saturated carbocycles. The van der Waals surface area contributed by atoms with Crippen LogP contribution in [0.5, 0.6) is 0 Å². The maximum absolute atomic E-state index is 11.2. The number of carbonyl (C=O) groups excluding carboxylic acids is 1. The molecule has 3 N–H and O–H groups in total. The fourth-order valence-electron chi connectivity index (χ4n) is 1.06. The second kappa shape index (κ2) is 4.56. The molecule has 1 heterocycles. The predicted octanol–water partition coefficient (Wildman–Crippen LogP) is -1.26. The summed E-state index contributed by atoms with van der Waals surface area (Å²) < 4.78 is 1.20. The van der Waals surface area contributed by atoms with Crippen LogP contribution >= 0.6 is 0 Å². The zero-order valence-electron chi connectivity index (χ0n) is 8.11. The molecular weight excluding hydrogens is 202 g/mol. The van der Waals surface area contributed by atoms with E-state index < -0.39 is 17.2 Å². The van der Waals surface area contributed by atoms with Crippen LogP contribution < -0.4 is 16.7 Å². The van der Waals surface area contributed by atoms with Crippen LogP contribution in [0.25, 0.3) is 0 Å². The van der Waals surface area contributed by atoms with Crippen molar-refractivity contribution in [1.29, 1.82) is 0 Å². The highest BCUT2D eigenvalue weighted by Gasteiger charge is 2.03. The molecule has 0 radical (unpaired) electrons. The summed E-state index contributed by atoms with van der Waals surface area (Å²) in [5, 5.41) is 8.24. The SMILES string of the molecule is Cc1cn(CCC(=O)NO)c(=O)[nH]c1=O. The minimum absolute atomic E-state index is 0.0398. The first-order valence-corrected chi connectivity index (χ1v) is 4.28. The number of hydroxylamine groups is 1. The average Bonchev–Trinajstić information content (AvgIpc) is 2.21. The Balaban J connectivity index is 2.87. The molecule has 0 unspecified atom stereocenters. The molecule has 0 spiro atoms. The van der Waals surface area contributed by atoms with E-state index in [1.165, 1.54) is 16.2 Å². The van der Waals surface area contributed by atoms with Gasteiger partial charge in [0.25, 0.3) is 5.56 Å². The molecule has 0 fully saturated rings. The number of hydrogen-bond acceptors (Lipinski definition) is 4. The van der Waals surface area contributed by atoms with E-state index in [0.29, 0.717) is 5.56 Å². The van der Waals surface area contributed by atoms with E-state index in [1.54, 1.807) is 6.92 Å². The van der Waals surface area contributed by atoms with E-state index in [-0.39, 0.29) is 13.0 Å². The van der Waals surface area contributed by atoms with Gasteiger partial charge in [0.2, 0.25) is 5.91 Å². The van der Waals surface area contributed by atoms with Gasteiger partial charge in [-0.15, -0.1) is 0 Å². The summed E-state index contributed by atoms with van der Waals surface area (Å²) in [6.45, 7) is 1.66. The Morgan fingerprint density at radius 2 is 2.27 bits per heavy atom. The molecule has 1 amide bonds. The first-order valence-electron chi connectivity index (χ1n) is 4.28. The van der Waals surface area contributed by atoms with Crippen molar-refractivity contribution in [2.75, 3.05) is 0 Å². The quantitative estimate of drug-likeness (QED) is 0.430. The lowest BCUT2D eigenvalue weighted by atomic mass is 10.3. The third-order valence-corrected chi connectivity index (χ3v) is 1.89. The molecule has 7 heteroatoms. The molecule has 0 saturated heterocycles. The molecule has 15 heavy (non-hydrogen) atoms. The predicted molar refractivity (Wildman–Crippen MR) is 50.6 cm³/mol. The topological polar surface area (TPSA) is 104 Å². The minimum Gasteiger partial charge on any atom is -0.300 e. The Kier molecular flexibility index (Phi) is 3.40. The summed E-state index contributed by atoms with van der Waals surface area (Å²) in [5.74, 6) is -0.592. The minimum atomic E-state index is -0.592. The van der Waals surface area contributed by atoms with Crippen LogP contribution in [-0.2, 0) is 11.3 Å². The zero-order chi connectivity index (χ0) is 11.4. The standard InChI is InChI=1S/C8H11N3O4/c1-5-4-11(3-2-6(12)10-15)8(14)9-7(5)13/h4,15H,2-3H2,1H3,(H,10,12)(H,9,13,14). The van der Waals surface area contributed by atoms with E-state index in [0.717, 1.165) is 0 Å². The first kappa shape index (κ1) is 11.2. The molecule has 0 aliphatic rings. The molecule has 0 bridgehead atoms. The Morgan fingerprint density at radius 3 is 2.87 bits per heavy atom. The van der Waals surface area contributed by atoms with Crippen LogP contribution in [0.3, 0.4) is 0 Å². The maximum atomic E-state index is 11.2. The monoisotopic (exact) mass is 213 g/mol. The number of rotatable bonds is 3. The van der Waals surface area contributed by atoms with Gasteiger partial charge >= 0.3 is 5.69 Å². The van der Waals surface area contributed by atoms with Gasteiger partial charge in [-0.05, 0) is 6.92 Å². The number of hydrogen-bond donors (Lipinski definition) is 3. The van der Waals surface area contributed by atoms with Crippen LogP contribution in [0.15, 0.2) is 15.8 Å². The number of H-pyrrole nitrogens is 1. The van der Waals surface area contributed by atoms with Crippen molar-refractivity contribution in [1.82, 2.24) is 15.0 Å². The van der Waals surface area contributed by atoms with Crippen LogP contribution in [0.1, 0.15) is 12.0 Å². The van der Waals surface area contributed by atoms with Gasteiger partial charge in [-0.3, -0.25) is 24.3 Å². The van der Waals surface area contributed by atoms with E-state index >= 15 is 0 Å². The van der Waals surface area contributed by atoms with Gasteiger partial charge in [-0.1, -0.05) is 0 Å². The largest absolute Gasteiger partial charge is 0.328 e. The normalized spacial score (nSPS) is 10.0. The van der Waals surface area contributed by atoms with Crippen molar-refractivity contribution in [3.63, 3.8) is 0 Å². The molecule has 0 aliphatic carbocycles. The fraction of sp³-hybridized carbons (Fsp3) is 0.375. The molecule has 1 rings (SSSR count). The smallest absolute Gasteiger partial charge is 0.300 e. The van der Waals surface area contributed by atoms with Crippen LogP contribution in [0, 0.1) is 6.92 Å². The molecule has 82 valence electrons. The molecule has 0 aliphatic heterocycles. The van der Waals surface area contributed by atoms with Crippen LogP contribution in [-0.4, -0.2) is 20.7 Å². The van der Waals surface area contributed by atoms with Gasteiger partial charge in [-0.2, -0.15) is 0 Å². The lowest BCUT2D eigenvalue weighted by Gasteiger charge is -2.04. The van der Waals surface area contributed by atoms with Gasteiger partial charge < -0.3 is 0 Å². The Morgan fingerprint density at radius 1 is 1.60 bits per heavy atom.